The zero-order chi connectivity index (χ0) is 11.7. The van der Waals surface area contributed by atoms with E-state index in [-0.39, 0.29) is 0 Å². The van der Waals surface area contributed by atoms with Gasteiger partial charge in [-0.25, -0.2) is 0 Å². The molecule has 0 bridgehead atoms. The third kappa shape index (κ3) is 1.83. The van der Waals surface area contributed by atoms with E-state index in [2.05, 4.69) is 26.7 Å². The molecule has 3 aromatic rings. The smallest absolute Gasteiger partial charge is 0.216 e. The highest BCUT2D eigenvalue weighted by molar-refractivity contribution is 7.15. The summed E-state index contributed by atoms with van der Waals surface area (Å²) in [5, 5.41) is 10.4. The molecule has 0 aliphatic carbocycles. The molecule has 0 saturated heterocycles. The number of aromatic nitrogens is 3. The minimum absolute atomic E-state index is 0.514. The Morgan fingerprint density at radius 2 is 2.00 bits per heavy atom. The number of hydrogen-bond donors (Lipinski definition) is 1. The maximum absolute atomic E-state index is 5.71. The molecule has 1 aromatic carbocycles. The molecule has 0 fully saturated rings. The molecule has 0 atom stereocenters. The van der Waals surface area contributed by atoms with Crippen molar-refractivity contribution in [1.82, 2.24) is 14.6 Å². The van der Waals surface area contributed by atoms with Crippen molar-refractivity contribution < 1.29 is 0 Å². The van der Waals surface area contributed by atoms with Gasteiger partial charge in [-0.2, -0.15) is 0 Å². The number of fused-ring (bicyclic) bond motifs is 1. The van der Waals surface area contributed by atoms with Crippen LogP contribution < -0.4 is 5.73 Å². The number of thiazole rings is 1. The molecule has 0 radical (unpaired) electrons. The molecule has 4 nitrogen and oxygen atoms in total. The molecule has 5 heteroatoms. The van der Waals surface area contributed by atoms with Gasteiger partial charge in [-0.3, -0.25) is 4.40 Å². The molecule has 2 aromatic heterocycles. The summed E-state index contributed by atoms with van der Waals surface area (Å²) in [4.78, 5) is 0.913. The first kappa shape index (κ1) is 10.4. The summed E-state index contributed by atoms with van der Waals surface area (Å²) in [5.41, 5.74) is 8.01. The van der Waals surface area contributed by atoms with E-state index >= 15 is 0 Å². The summed E-state index contributed by atoms with van der Waals surface area (Å²) in [6, 6.07) is 10.3. The summed E-state index contributed by atoms with van der Waals surface area (Å²) in [6.45, 7) is 0.514. The molecule has 0 aliphatic rings. The van der Waals surface area contributed by atoms with Gasteiger partial charge < -0.3 is 5.73 Å². The van der Waals surface area contributed by atoms with Crippen LogP contribution in [-0.2, 0) is 13.0 Å². The Bertz CT molecular complexity index is 626. The van der Waals surface area contributed by atoms with Gasteiger partial charge in [0, 0.05) is 18.3 Å². The van der Waals surface area contributed by atoms with Crippen LogP contribution in [-0.4, -0.2) is 14.6 Å². The van der Waals surface area contributed by atoms with Crippen LogP contribution in [0.4, 0.5) is 0 Å². The van der Waals surface area contributed by atoms with Crippen LogP contribution in [0.15, 0.2) is 35.7 Å². The molecule has 0 unspecified atom stereocenters. The minimum Gasteiger partial charge on any atom is -0.325 e. The van der Waals surface area contributed by atoms with Crippen molar-refractivity contribution in [2.75, 3.05) is 0 Å². The van der Waals surface area contributed by atoms with E-state index in [0.29, 0.717) is 6.54 Å². The van der Waals surface area contributed by atoms with Crippen LogP contribution >= 0.6 is 11.3 Å². The van der Waals surface area contributed by atoms with Gasteiger partial charge in [0.05, 0.1) is 5.69 Å². The van der Waals surface area contributed by atoms with Crippen LogP contribution in [0.2, 0.25) is 0 Å². The van der Waals surface area contributed by atoms with Crippen molar-refractivity contribution in [3.05, 3.63) is 52.8 Å². The van der Waals surface area contributed by atoms with Gasteiger partial charge in [-0.05, 0) is 5.56 Å². The Kier molecular flexibility index (Phi) is 2.62. The Morgan fingerprint density at radius 1 is 1.18 bits per heavy atom. The lowest BCUT2D eigenvalue weighted by Crippen LogP contribution is -2.04. The Labute approximate surface area is 103 Å². The van der Waals surface area contributed by atoms with Crippen LogP contribution in [0, 0.1) is 0 Å². The number of nitrogens with zero attached hydrogens (tertiary/aromatic N) is 3. The molecule has 0 spiro atoms. The maximum Gasteiger partial charge on any atom is 0.216 e. The van der Waals surface area contributed by atoms with Gasteiger partial charge in [0.1, 0.15) is 5.82 Å². The highest BCUT2D eigenvalue weighted by atomic mass is 32.1. The quantitative estimate of drug-likeness (QED) is 0.765. The third-order valence-electron chi connectivity index (χ3n) is 2.70. The van der Waals surface area contributed by atoms with Crippen LogP contribution in [0.1, 0.15) is 17.1 Å². The van der Waals surface area contributed by atoms with E-state index < -0.39 is 0 Å². The summed E-state index contributed by atoms with van der Waals surface area (Å²) in [7, 11) is 0. The number of rotatable bonds is 3. The van der Waals surface area contributed by atoms with Crippen molar-refractivity contribution in [3.8, 4) is 0 Å². The monoisotopic (exact) mass is 244 g/mol. The molecule has 3 rings (SSSR count). The third-order valence-corrected chi connectivity index (χ3v) is 3.57. The van der Waals surface area contributed by atoms with E-state index in [9.17, 15) is 0 Å². The van der Waals surface area contributed by atoms with Crippen molar-refractivity contribution >= 4 is 16.3 Å². The average molecular weight is 244 g/mol. The second kappa shape index (κ2) is 4.27. The summed E-state index contributed by atoms with van der Waals surface area (Å²) in [5.74, 6) is 0.952. The highest BCUT2D eigenvalue weighted by Gasteiger charge is 2.11. The Hall–Kier alpha value is -1.72. The van der Waals surface area contributed by atoms with Crippen molar-refractivity contribution in [2.24, 2.45) is 5.73 Å². The lowest BCUT2D eigenvalue weighted by molar-refractivity contribution is 0.879. The fraction of sp³-hybridized carbons (Fsp3) is 0.167. The van der Waals surface area contributed by atoms with Gasteiger partial charge in [-0.15, -0.1) is 21.5 Å². The standard InChI is InChI=1S/C12H12N4S/c13-7-10-8-17-12-15-14-11(16(10)12)6-9-4-2-1-3-5-9/h1-5,8H,6-7,13H2. The summed E-state index contributed by atoms with van der Waals surface area (Å²) >= 11 is 1.58. The lowest BCUT2D eigenvalue weighted by atomic mass is 10.1. The van der Waals surface area contributed by atoms with Crippen molar-refractivity contribution in [1.29, 1.82) is 0 Å². The van der Waals surface area contributed by atoms with Gasteiger partial charge in [-0.1, -0.05) is 30.3 Å². The number of benzene rings is 1. The first-order valence-corrected chi connectivity index (χ1v) is 6.31. The van der Waals surface area contributed by atoms with Gasteiger partial charge in [0.25, 0.3) is 0 Å². The predicted molar refractivity (Wildman–Crippen MR) is 68.0 cm³/mol. The topological polar surface area (TPSA) is 56.2 Å². The molecule has 2 N–H and O–H groups in total. The van der Waals surface area contributed by atoms with Crippen LogP contribution in [0.3, 0.4) is 0 Å². The van der Waals surface area contributed by atoms with E-state index in [1.54, 1.807) is 11.3 Å². The van der Waals surface area contributed by atoms with Gasteiger partial charge in [0.2, 0.25) is 4.96 Å². The summed E-state index contributed by atoms with van der Waals surface area (Å²) in [6.07, 6.45) is 0.783. The maximum atomic E-state index is 5.71. The largest absolute Gasteiger partial charge is 0.325 e. The number of nitrogens with two attached hydrogens (primary N) is 1. The molecule has 0 aliphatic heterocycles. The minimum atomic E-state index is 0.514. The van der Waals surface area contributed by atoms with E-state index in [0.717, 1.165) is 22.9 Å². The van der Waals surface area contributed by atoms with E-state index in [4.69, 9.17) is 5.73 Å². The zero-order valence-corrected chi connectivity index (χ0v) is 10.0. The van der Waals surface area contributed by atoms with E-state index in [1.165, 1.54) is 5.56 Å². The van der Waals surface area contributed by atoms with Crippen LogP contribution in [0.5, 0.6) is 0 Å². The summed E-state index contributed by atoms with van der Waals surface area (Å²) < 4.78 is 2.05. The number of hydrogen-bond acceptors (Lipinski definition) is 4. The van der Waals surface area contributed by atoms with Gasteiger partial charge in [0.15, 0.2) is 0 Å². The molecule has 0 saturated carbocycles. The first-order chi connectivity index (χ1) is 8.38. The van der Waals surface area contributed by atoms with E-state index in [1.807, 2.05) is 23.6 Å². The van der Waals surface area contributed by atoms with Crippen LogP contribution in [0.25, 0.3) is 4.96 Å². The molecular formula is C12H12N4S. The normalized spacial score (nSPS) is 11.1. The highest BCUT2D eigenvalue weighted by Crippen LogP contribution is 2.17. The van der Waals surface area contributed by atoms with Crippen molar-refractivity contribution in [3.63, 3.8) is 0 Å². The predicted octanol–water partition coefficient (Wildman–Crippen LogP) is 1.84. The lowest BCUT2D eigenvalue weighted by Gasteiger charge is -2.00. The Morgan fingerprint density at radius 3 is 2.76 bits per heavy atom. The first-order valence-electron chi connectivity index (χ1n) is 5.43. The second-order valence-corrected chi connectivity index (χ2v) is 4.66. The SMILES string of the molecule is NCc1csc2nnc(Cc3ccccc3)n12. The molecular weight excluding hydrogens is 232 g/mol. The van der Waals surface area contributed by atoms with Crippen molar-refractivity contribution in [2.45, 2.75) is 13.0 Å². The second-order valence-electron chi connectivity index (χ2n) is 3.83. The zero-order valence-electron chi connectivity index (χ0n) is 9.21. The molecule has 2 heterocycles. The van der Waals surface area contributed by atoms with Gasteiger partial charge >= 0.3 is 0 Å². The molecule has 17 heavy (non-hydrogen) atoms. The average Bonchev–Trinajstić information content (AvgIpc) is 2.93. The fourth-order valence-corrected chi connectivity index (χ4v) is 2.73. The molecule has 86 valence electrons. The fourth-order valence-electron chi connectivity index (χ4n) is 1.87. The molecule has 0 amide bonds. The Balaban J connectivity index is 2.03.